The van der Waals surface area contributed by atoms with Crippen LogP contribution in [0.1, 0.15) is 38.3 Å². The first-order chi connectivity index (χ1) is 7.43. The topological polar surface area (TPSA) is 37.3 Å². The number of aliphatic hydroxyl groups is 1. The average Bonchev–Trinajstić information content (AvgIpc) is 2.47. The Bertz CT molecular complexity index is 434. The van der Waals surface area contributed by atoms with Gasteiger partial charge < -0.3 is 5.11 Å². The lowest BCUT2D eigenvalue weighted by atomic mass is 9.72. The Labute approximate surface area is 96.3 Å². The molecule has 1 atom stereocenters. The largest absolute Gasteiger partial charge is 0.377 e. The molecule has 0 bridgehead atoms. The number of carbonyl (C=O) groups excluding carboxylic acids is 1. The first-order valence-corrected chi connectivity index (χ1v) is 5.77. The fraction of sp³-hybridized carbons (Fsp3) is 0.500. The van der Waals surface area contributed by atoms with E-state index in [1.54, 1.807) is 6.92 Å². The molecule has 0 heterocycles. The van der Waals surface area contributed by atoms with E-state index in [0.29, 0.717) is 6.42 Å². The number of benzene rings is 1. The molecule has 0 aromatic heterocycles. The van der Waals surface area contributed by atoms with Crippen molar-refractivity contribution < 1.29 is 9.90 Å². The highest BCUT2D eigenvalue weighted by molar-refractivity contribution is 5.90. The van der Waals surface area contributed by atoms with Crippen molar-refractivity contribution in [3.05, 3.63) is 35.4 Å². The van der Waals surface area contributed by atoms with Gasteiger partial charge >= 0.3 is 0 Å². The molecule has 86 valence electrons. The Kier molecular flexibility index (Phi) is 2.43. The van der Waals surface area contributed by atoms with Crippen LogP contribution in [-0.4, -0.2) is 10.9 Å². The van der Waals surface area contributed by atoms with Crippen LogP contribution in [0.5, 0.6) is 0 Å². The van der Waals surface area contributed by atoms with E-state index >= 15 is 0 Å². The molecule has 1 unspecified atom stereocenters. The Morgan fingerprint density at radius 3 is 2.62 bits per heavy atom. The van der Waals surface area contributed by atoms with Crippen LogP contribution in [0.2, 0.25) is 0 Å². The van der Waals surface area contributed by atoms with E-state index in [1.165, 1.54) is 0 Å². The minimum absolute atomic E-state index is 0.0811. The van der Waals surface area contributed by atoms with Gasteiger partial charge in [-0.15, -0.1) is 0 Å². The third-order valence-corrected chi connectivity index (χ3v) is 3.74. The molecule has 1 aliphatic rings. The van der Waals surface area contributed by atoms with Crippen LogP contribution in [0.4, 0.5) is 0 Å². The third-order valence-electron chi connectivity index (χ3n) is 3.74. The Morgan fingerprint density at radius 2 is 2.00 bits per heavy atom. The van der Waals surface area contributed by atoms with Crippen LogP contribution >= 0.6 is 0 Å². The molecule has 0 radical (unpaired) electrons. The van der Waals surface area contributed by atoms with Crippen LogP contribution < -0.4 is 0 Å². The fourth-order valence-corrected chi connectivity index (χ4v) is 2.78. The van der Waals surface area contributed by atoms with Gasteiger partial charge in [-0.3, -0.25) is 4.79 Å². The van der Waals surface area contributed by atoms with Crippen molar-refractivity contribution in [1.82, 2.24) is 0 Å². The second-order valence-electron chi connectivity index (χ2n) is 5.20. The van der Waals surface area contributed by atoms with Gasteiger partial charge in [-0.25, -0.2) is 0 Å². The summed E-state index contributed by atoms with van der Waals surface area (Å²) in [6, 6.07) is 7.71. The van der Waals surface area contributed by atoms with Crippen LogP contribution in [0.15, 0.2) is 24.3 Å². The summed E-state index contributed by atoms with van der Waals surface area (Å²) in [5.41, 5.74) is 0.172. The highest BCUT2D eigenvalue weighted by Gasteiger charge is 2.55. The molecular formula is C14H18O2. The summed E-state index contributed by atoms with van der Waals surface area (Å²) in [4.78, 5) is 12.1. The van der Waals surface area contributed by atoms with Gasteiger partial charge in [0, 0.05) is 11.8 Å². The van der Waals surface area contributed by atoms with E-state index in [9.17, 15) is 9.90 Å². The summed E-state index contributed by atoms with van der Waals surface area (Å²) < 4.78 is 0. The van der Waals surface area contributed by atoms with Crippen LogP contribution in [0.3, 0.4) is 0 Å². The maximum Gasteiger partial charge on any atom is 0.169 e. The fourth-order valence-electron chi connectivity index (χ4n) is 2.78. The standard InChI is InChI=1S/C14H18O2/c1-4-12(15)14(16)11-8-6-5-7-10(11)9-13(14,2)3/h5-8,16H,4,9H2,1-3H3. The van der Waals surface area contributed by atoms with Gasteiger partial charge in [0.1, 0.15) is 0 Å². The summed E-state index contributed by atoms with van der Waals surface area (Å²) >= 11 is 0. The van der Waals surface area contributed by atoms with Crippen LogP contribution in [0, 0.1) is 5.41 Å². The van der Waals surface area contributed by atoms with Crippen molar-refractivity contribution in [2.24, 2.45) is 5.41 Å². The molecule has 0 amide bonds. The van der Waals surface area contributed by atoms with Gasteiger partial charge in [0.2, 0.25) is 0 Å². The molecule has 2 rings (SSSR count). The summed E-state index contributed by atoms with van der Waals surface area (Å²) in [5, 5.41) is 10.8. The maximum absolute atomic E-state index is 12.1. The quantitative estimate of drug-likeness (QED) is 0.827. The zero-order chi connectivity index (χ0) is 12.0. The zero-order valence-electron chi connectivity index (χ0n) is 10.1. The lowest BCUT2D eigenvalue weighted by Gasteiger charge is -2.35. The Balaban J connectivity index is 2.63. The SMILES string of the molecule is CCC(=O)C1(O)c2ccccc2CC1(C)C. The smallest absolute Gasteiger partial charge is 0.169 e. The van der Waals surface area contributed by atoms with Crippen LogP contribution in [0.25, 0.3) is 0 Å². The number of fused-ring (bicyclic) bond motifs is 1. The number of carbonyl (C=O) groups is 1. The highest BCUT2D eigenvalue weighted by atomic mass is 16.3. The minimum Gasteiger partial charge on any atom is -0.377 e. The molecule has 0 fully saturated rings. The van der Waals surface area contributed by atoms with E-state index in [4.69, 9.17) is 0 Å². The second kappa shape index (κ2) is 3.42. The van der Waals surface area contributed by atoms with E-state index in [0.717, 1.165) is 17.5 Å². The molecule has 2 nitrogen and oxygen atoms in total. The molecule has 1 N–H and O–H groups in total. The first kappa shape index (κ1) is 11.3. The Hall–Kier alpha value is -1.15. The normalized spacial score (nSPS) is 26.5. The molecule has 1 aromatic rings. The summed E-state index contributed by atoms with van der Waals surface area (Å²) in [5.74, 6) is -0.0811. The number of hydrogen-bond acceptors (Lipinski definition) is 2. The molecule has 0 saturated heterocycles. The molecule has 1 aromatic carbocycles. The van der Waals surface area contributed by atoms with E-state index in [2.05, 4.69) is 0 Å². The zero-order valence-corrected chi connectivity index (χ0v) is 10.1. The summed E-state index contributed by atoms with van der Waals surface area (Å²) in [6.07, 6.45) is 1.12. The number of hydrogen-bond donors (Lipinski definition) is 1. The predicted molar refractivity (Wildman–Crippen MR) is 63.1 cm³/mol. The summed E-state index contributed by atoms with van der Waals surface area (Å²) in [6.45, 7) is 5.72. The second-order valence-corrected chi connectivity index (χ2v) is 5.20. The van der Waals surface area contributed by atoms with Crippen molar-refractivity contribution >= 4 is 5.78 Å². The highest BCUT2D eigenvalue weighted by Crippen LogP contribution is 2.50. The minimum atomic E-state index is -1.31. The van der Waals surface area contributed by atoms with E-state index < -0.39 is 11.0 Å². The van der Waals surface area contributed by atoms with Gasteiger partial charge in [-0.05, 0) is 17.5 Å². The van der Waals surface area contributed by atoms with E-state index in [1.807, 2.05) is 38.1 Å². The number of Topliss-reactive ketones (excluding diaryl/α,β-unsaturated/α-hetero) is 1. The van der Waals surface area contributed by atoms with Gasteiger partial charge in [0.05, 0.1) is 0 Å². The van der Waals surface area contributed by atoms with Crippen molar-refractivity contribution in [1.29, 1.82) is 0 Å². The third kappa shape index (κ3) is 1.26. The monoisotopic (exact) mass is 218 g/mol. The van der Waals surface area contributed by atoms with Gasteiger partial charge in [0.25, 0.3) is 0 Å². The van der Waals surface area contributed by atoms with Crippen molar-refractivity contribution in [3.63, 3.8) is 0 Å². The molecule has 2 heteroatoms. The first-order valence-electron chi connectivity index (χ1n) is 5.77. The van der Waals surface area contributed by atoms with Crippen LogP contribution in [-0.2, 0) is 16.8 Å². The van der Waals surface area contributed by atoms with Crippen molar-refractivity contribution in [2.45, 2.75) is 39.2 Å². The summed E-state index contributed by atoms with van der Waals surface area (Å²) in [7, 11) is 0. The van der Waals surface area contributed by atoms with Gasteiger partial charge in [-0.1, -0.05) is 45.0 Å². The molecule has 1 aliphatic carbocycles. The maximum atomic E-state index is 12.1. The number of rotatable bonds is 2. The van der Waals surface area contributed by atoms with Gasteiger partial charge in [0.15, 0.2) is 11.4 Å². The molecule has 0 aliphatic heterocycles. The Morgan fingerprint density at radius 1 is 1.38 bits per heavy atom. The molecule has 0 saturated carbocycles. The predicted octanol–water partition coefficient (Wildman–Crippen LogP) is 2.44. The molecular weight excluding hydrogens is 200 g/mol. The molecule has 16 heavy (non-hydrogen) atoms. The number of ketones is 1. The average molecular weight is 218 g/mol. The van der Waals surface area contributed by atoms with Crippen molar-refractivity contribution in [2.75, 3.05) is 0 Å². The lowest BCUT2D eigenvalue weighted by Crippen LogP contribution is -2.45. The molecule has 0 spiro atoms. The van der Waals surface area contributed by atoms with Crippen molar-refractivity contribution in [3.8, 4) is 0 Å². The van der Waals surface area contributed by atoms with Gasteiger partial charge in [-0.2, -0.15) is 0 Å². The lowest BCUT2D eigenvalue weighted by molar-refractivity contribution is -0.150. The van der Waals surface area contributed by atoms with E-state index in [-0.39, 0.29) is 5.78 Å².